The van der Waals surface area contributed by atoms with Gasteiger partial charge in [-0.3, -0.25) is 0 Å². The monoisotopic (exact) mass is 217 g/mol. The molecule has 0 radical (unpaired) electrons. The van der Waals surface area contributed by atoms with Gasteiger partial charge in [-0.2, -0.15) is 0 Å². The number of rotatable bonds is 0. The molecule has 0 aromatic rings. The summed E-state index contributed by atoms with van der Waals surface area (Å²) in [5.74, 6) is -7.12. The van der Waals surface area contributed by atoms with E-state index >= 15 is 0 Å². The first-order valence-electron chi connectivity index (χ1n) is 2.30. The Balaban J connectivity index is 4.11. The molecule has 0 saturated heterocycles. The number of aliphatic carboxylic acids is 1. The molecule has 0 heterocycles. The van der Waals surface area contributed by atoms with Crippen molar-refractivity contribution in [1.82, 2.24) is 0 Å². The molecule has 0 bridgehead atoms. The van der Waals surface area contributed by atoms with Crippen LogP contribution in [0.4, 0.5) is 0 Å². The Morgan fingerprint density at radius 2 is 1.50 bits per heavy atom. The average molecular weight is 217 g/mol. The van der Waals surface area contributed by atoms with E-state index in [1.165, 1.54) is 0 Å². The van der Waals surface area contributed by atoms with Crippen LogP contribution < -0.4 is 0 Å². The van der Waals surface area contributed by atoms with Crippen LogP contribution in [0.2, 0.25) is 0 Å². The molecule has 7 nitrogen and oxygen atoms in total. The zero-order chi connectivity index (χ0) is 9.72. The quantitative estimate of drug-likeness (QED) is 0.219. The van der Waals surface area contributed by atoms with Gasteiger partial charge in [-0.15, -0.1) is 0 Å². The summed E-state index contributed by atoms with van der Waals surface area (Å²) in [5, 5.41) is 7.89. The molecule has 0 aromatic carbocycles. The third-order valence-corrected chi connectivity index (χ3v) is 0.797. The Hall–Kier alpha value is -1.40. The van der Waals surface area contributed by atoms with E-state index in [9.17, 15) is 19.2 Å². The Kier molecular flexibility index (Phi) is 3.95. The Morgan fingerprint density at radius 3 is 1.83 bits per heavy atom. The van der Waals surface area contributed by atoms with Crippen LogP contribution in [0.5, 0.6) is 0 Å². The number of carbonyl (C=O) groups excluding carboxylic acids is 3. The van der Waals surface area contributed by atoms with Gasteiger partial charge in [0.1, 0.15) is 0 Å². The summed E-state index contributed by atoms with van der Waals surface area (Å²) < 4.78 is 7.06. The van der Waals surface area contributed by atoms with Crippen molar-refractivity contribution in [3.05, 3.63) is 0 Å². The van der Waals surface area contributed by atoms with Crippen molar-refractivity contribution in [2.24, 2.45) is 0 Å². The third-order valence-electron chi connectivity index (χ3n) is 0.592. The summed E-state index contributed by atoms with van der Waals surface area (Å²) in [4.78, 5) is 40.3. The predicted octanol–water partition coefficient (Wildman–Crippen LogP) is -1.85. The van der Waals surface area contributed by atoms with Gasteiger partial charge in [0.05, 0.1) is 0 Å². The minimum absolute atomic E-state index is 1.55. The zero-order valence-electron chi connectivity index (χ0n) is 5.25. The molecule has 0 unspecified atom stereocenters. The van der Waals surface area contributed by atoms with E-state index in [-0.39, 0.29) is 0 Å². The van der Waals surface area contributed by atoms with Crippen molar-refractivity contribution in [2.75, 3.05) is 0 Å². The number of ether oxygens (including phenoxy) is 1. The van der Waals surface area contributed by atoms with Crippen LogP contribution in [0.3, 0.4) is 0 Å². The van der Waals surface area contributed by atoms with Crippen molar-refractivity contribution in [3.63, 3.8) is 0 Å². The number of carboxylic acid groups (broad SMARTS) is 1. The van der Waals surface area contributed by atoms with Gasteiger partial charge in [0.25, 0.3) is 0 Å². The van der Waals surface area contributed by atoms with Crippen LogP contribution in [-0.4, -0.2) is 29.0 Å². The van der Waals surface area contributed by atoms with Crippen molar-refractivity contribution in [3.8, 4) is 0 Å². The zero-order valence-corrected chi connectivity index (χ0v) is 6.35. The fourth-order valence-corrected chi connectivity index (χ4v) is 0.291. The first-order valence-corrected chi connectivity index (χ1v) is 2.75. The Labute approximate surface area is 73.8 Å². The molecule has 0 rings (SSSR count). The fraction of sp³-hybridized carbons (Fsp3) is 0. The first kappa shape index (κ1) is 10.6. The van der Waals surface area contributed by atoms with Gasteiger partial charge in [0.15, 0.2) is 0 Å². The van der Waals surface area contributed by atoms with E-state index in [1.54, 1.807) is 0 Å². The van der Waals surface area contributed by atoms with E-state index in [4.69, 9.17) is 5.11 Å². The number of carbonyl (C=O) groups is 4. The summed E-state index contributed by atoms with van der Waals surface area (Å²) in [6.07, 6.45) is 0. The number of hydrogen-bond donors (Lipinski definition) is 1. The molecule has 0 aliphatic heterocycles. The van der Waals surface area contributed by atoms with Gasteiger partial charge >= 0.3 is 73.1 Å². The van der Waals surface area contributed by atoms with Gasteiger partial charge in [-0.25, -0.2) is 0 Å². The molecular weight excluding hydrogens is 216 g/mol. The molecule has 0 fully saturated rings. The fourth-order valence-electron chi connectivity index (χ4n) is 0.199. The van der Waals surface area contributed by atoms with Gasteiger partial charge in [0.2, 0.25) is 0 Å². The molecule has 0 spiro atoms. The molecule has 67 valence electrons. The van der Waals surface area contributed by atoms with Crippen LogP contribution >= 0.6 is 0 Å². The molecule has 0 aliphatic carbocycles. The molecule has 0 aliphatic rings. The number of esters is 2. The van der Waals surface area contributed by atoms with Crippen molar-refractivity contribution in [2.45, 2.75) is 0 Å². The minimum atomic E-state index is -1.99. The van der Waals surface area contributed by atoms with Gasteiger partial charge < -0.3 is 0 Å². The van der Waals surface area contributed by atoms with Crippen molar-refractivity contribution in [1.29, 1.82) is 0 Å². The molecule has 0 atom stereocenters. The second-order valence-corrected chi connectivity index (χ2v) is 1.57. The topological polar surface area (TPSA) is 107 Å². The van der Waals surface area contributed by atoms with Crippen molar-refractivity contribution >= 4 is 23.9 Å². The van der Waals surface area contributed by atoms with E-state index in [0.29, 0.717) is 0 Å². The third kappa shape index (κ3) is 3.13. The molecule has 0 amide bonds. The molecule has 0 saturated carbocycles. The molecule has 12 heavy (non-hydrogen) atoms. The van der Waals surface area contributed by atoms with Gasteiger partial charge in [0, 0.05) is 0 Å². The van der Waals surface area contributed by atoms with Crippen molar-refractivity contribution < 1.29 is 49.2 Å². The molecule has 8 heteroatoms. The maximum absolute atomic E-state index is 10.3. The van der Waals surface area contributed by atoms with Gasteiger partial charge in [-0.05, 0) is 0 Å². The van der Waals surface area contributed by atoms with E-state index < -0.39 is 23.9 Å². The van der Waals surface area contributed by atoms with Crippen LogP contribution in [-0.2, 0) is 44.1 Å². The van der Waals surface area contributed by atoms with Crippen LogP contribution in [0.25, 0.3) is 0 Å². The SMILES string of the molecule is O=C(O)C(=O)OC(=O)C(=O)[O][Fe]. The molecule has 1 N–H and O–H groups in total. The van der Waals surface area contributed by atoms with Crippen LogP contribution in [0.15, 0.2) is 0 Å². The maximum atomic E-state index is 10.3. The van der Waals surface area contributed by atoms with E-state index in [0.717, 1.165) is 0 Å². The first-order chi connectivity index (χ1) is 5.49. The normalized spacial score (nSPS) is 8.42. The predicted molar refractivity (Wildman–Crippen MR) is 24.8 cm³/mol. The molecular formula is C4HFeO7. The Bertz CT molecular complexity index is 244. The Morgan fingerprint density at radius 1 is 1.00 bits per heavy atom. The summed E-state index contributed by atoms with van der Waals surface area (Å²) in [5.41, 5.74) is 0. The second-order valence-electron chi connectivity index (χ2n) is 1.34. The molecule has 0 aromatic heterocycles. The summed E-state index contributed by atoms with van der Waals surface area (Å²) >= 11 is 2.55. The van der Waals surface area contributed by atoms with E-state index in [1.807, 2.05) is 0 Å². The van der Waals surface area contributed by atoms with Gasteiger partial charge in [-0.1, -0.05) is 0 Å². The van der Waals surface area contributed by atoms with E-state index in [2.05, 4.69) is 24.9 Å². The summed E-state index contributed by atoms with van der Waals surface area (Å²) in [7, 11) is 0. The number of carboxylic acids is 1. The average Bonchev–Trinajstić information content (AvgIpc) is 2.02. The standard InChI is InChI=1S/C4H2O7.Fe/c5-1(6)3(9)11-4(10)2(7)8;/h(H,5,6)(H,7,8);/q;+1/p-1. The number of hydrogen-bond acceptors (Lipinski definition) is 6. The summed E-state index contributed by atoms with van der Waals surface area (Å²) in [6.45, 7) is 0. The van der Waals surface area contributed by atoms with Crippen LogP contribution in [0, 0.1) is 0 Å². The summed E-state index contributed by atoms with van der Waals surface area (Å²) in [6, 6.07) is 0. The van der Waals surface area contributed by atoms with Crippen LogP contribution in [0.1, 0.15) is 0 Å². The second kappa shape index (κ2) is 4.47.